The molecule has 0 aromatic rings. The van der Waals surface area contributed by atoms with E-state index < -0.39 is 0 Å². The van der Waals surface area contributed by atoms with Gasteiger partial charge >= 0.3 is 0 Å². The van der Waals surface area contributed by atoms with Crippen molar-refractivity contribution >= 4 is 5.91 Å². The van der Waals surface area contributed by atoms with Crippen LogP contribution in [-0.2, 0) is 9.53 Å². The maximum atomic E-state index is 12.1. The maximum absolute atomic E-state index is 12.1. The molecule has 0 unspecified atom stereocenters. The van der Waals surface area contributed by atoms with Crippen LogP contribution >= 0.6 is 0 Å². The first-order valence-corrected chi connectivity index (χ1v) is 9.21. The molecule has 0 saturated heterocycles. The van der Waals surface area contributed by atoms with Gasteiger partial charge in [-0.15, -0.1) is 0 Å². The second-order valence-corrected chi connectivity index (χ2v) is 8.80. The second-order valence-electron chi connectivity index (χ2n) is 8.80. The van der Waals surface area contributed by atoms with Crippen LogP contribution in [0.4, 0.5) is 0 Å². The lowest BCUT2D eigenvalue weighted by molar-refractivity contribution is -0.125. The summed E-state index contributed by atoms with van der Waals surface area (Å²) in [7, 11) is 0. The summed E-state index contributed by atoms with van der Waals surface area (Å²) in [6, 6.07) is 0. The molecule has 0 aromatic carbocycles. The largest absolute Gasteiger partial charge is 0.375 e. The molecule has 0 aliphatic heterocycles. The molecule has 2 saturated carbocycles. The Morgan fingerprint density at radius 1 is 1.05 bits per heavy atom. The Hall–Kier alpha value is -0.570. The van der Waals surface area contributed by atoms with Crippen molar-refractivity contribution < 1.29 is 9.53 Å². The van der Waals surface area contributed by atoms with E-state index in [0.717, 1.165) is 18.9 Å². The average Bonchev–Trinajstić information content (AvgIpc) is 2.24. The van der Waals surface area contributed by atoms with Crippen LogP contribution in [0.5, 0.6) is 0 Å². The molecular formula is C19H35NO2. The Labute approximate surface area is 136 Å². The summed E-state index contributed by atoms with van der Waals surface area (Å²) in [4.78, 5) is 12.1. The molecule has 3 nitrogen and oxygen atoms in total. The molecule has 1 N–H and O–H groups in total. The number of rotatable bonds is 9. The summed E-state index contributed by atoms with van der Waals surface area (Å²) in [5, 5.41) is 3.21. The Bertz CT molecular complexity index is 368. The number of amides is 1. The summed E-state index contributed by atoms with van der Waals surface area (Å²) < 4.78 is 6.12. The molecule has 2 aliphatic carbocycles. The Morgan fingerprint density at radius 2 is 1.64 bits per heavy atom. The second kappa shape index (κ2) is 7.33. The van der Waals surface area contributed by atoms with E-state index in [0.29, 0.717) is 12.3 Å². The van der Waals surface area contributed by atoms with Gasteiger partial charge in [-0.05, 0) is 65.2 Å². The molecule has 1 amide bonds. The van der Waals surface area contributed by atoms with E-state index in [-0.39, 0.29) is 17.0 Å². The molecule has 2 fully saturated rings. The van der Waals surface area contributed by atoms with Gasteiger partial charge in [-0.1, -0.05) is 25.7 Å². The molecule has 3 heteroatoms. The SMILES string of the molecule is CC(C)(CC(C)(C)OCCC1CCC1)NC(=O)CC1CCC1. The fourth-order valence-electron chi connectivity index (χ4n) is 3.83. The molecule has 128 valence electrons. The summed E-state index contributed by atoms with van der Waals surface area (Å²) >= 11 is 0. The molecule has 2 aliphatic rings. The van der Waals surface area contributed by atoms with Crippen LogP contribution in [-0.4, -0.2) is 23.7 Å². The van der Waals surface area contributed by atoms with Crippen molar-refractivity contribution in [1.29, 1.82) is 0 Å². The van der Waals surface area contributed by atoms with Crippen LogP contribution in [0.15, 0.2) is 0 Å². The fraction of sp³-hybridized carbons (Fsp3) is 0.947. The van der Waals surface area contributed by atoms with Gasteiger partial charge in [0.15, 0.2) is 0 Å². The highest BCUT2D eigenvalue weighted by Gasteiger charge is 2.32. The van der Waals surface area contributed by atoms with Crippen molar-refractivity contribution in [3.8, 4) is 0 Å². The number of hydrogen-bond acceptors (Lipinski definition) is 2. The third-order valence-electron chi connectivity index (χ3n) is 5.29. The van der Waals surface area contributed by atoms with Crippen LogP contribution in [0.25, 0.3) is 0 Å². The predicted molar refractivity (Wildman–Crippen MR) is 90.8 cm³/mol. The normalized spacial score (nSPS) is 20.4. The molecular weight excluding hydrogens is 274 g/mol. The van der Waals surface area contributed by atoms with Gasteiger partial charge in [-0.2, -0.15) is 0 Å². The van der Waals surface area contributed by atoms with Crippen molar-refractivity contribution in [2.75, 3.05) is 6.61 Å². The van der Waals surface area contributed by atoms with E-state index in [2.05, 4.69) is 33.0 Å². The van der Waals surface area contributed by atoms with Crippen LogP contribution in [0.3, 0.4) is 0 Å². The summed E-state index contributed by atoms with van der Waals surface area (Å²) in [6.45, 7) is 9.37. The average molecular weight is 309 g/mol. The zero-order valence-electron chi connectivity index (χ0n) is 15.0. The molecule has 0 aromatic heterocycles. The van der Waals surface area contributed by atoms with Crippen LogP contribution < -0.4 is 5.32 Å². The van der Waals surface area contributed by atoms with Crippen molar-refractivity contribution in [3.63, 3.8) is 0 Å². The first-order chi connectivity index (χ1) is 10.3. The van der Waals surface area contributed by atoms with E-state index in [9.17, 15) is 4.79 Å². The van der Waals surface area contributed by atoms with Crippen molar-refractivity contribution in [2.45, 2.75) is 96.6 Å². The number of hydrogen-bond donors (Lipinski definition) is 1. The molecule has 0 radical (unpaired) electrons. The van der Waals surface area contributed by atoms with E-state index in [1.165, 1.54) is 44.9 Å². The first kappa shape index (κ1) is 17.8. The lowest BCUT2D eigenvalue weighted by Crippen LogP contribution is -2.49. The minimum atomic E-state index is -0.208. The zero-order valence-corrected chi connectivity index (χ0v) is 15.0. The number of ether oxygens (including phenoxy) is 1. The third-order valence-corrected chi connectivity index (χ3v) is 5.29. The van der Waals surface area contributed by atoms with Crippen LogP contribution in [0.2, 0.25) is 0 Å². The molecule has 22 heavy (non-hydrogen) atoms. The first-order valence-electron chi connectivity index (χ1n) is 9.21. The van der Waals surface area contributed by atoms with E-state index in [1.54, 1.807) is 0 Å². The van der Waals surface area contributed by atoms with Crippen LogP contribution in [0, 0.1) is 11.8 Å². The predicted octanol–water partition coefficient (Wildman–Crippen LogP) is 4.45. The van der Waals surface area contributed by atoms with Gasteiger partial charge in [0.25, 0.3) is 0 Å². The third kappa shape index (κ3) is 5.91. The minimum Gasteiger partial charge on any atom is -0.375 e. The lowest BCUT2D eigenvalue weighted by Gasteiger charge is -2.37. The monoisotopic (exact) mass is 309 g/mol. The van der Waals surface area contributed by atoms with E-state index in [1.807, 2.05) is 0 Å². The Balaban J connectivity index is 1.68. The van der Waals surface area contributed by atoms with Gasteiger partial charge in [0, 0.05) is 18.6 Å². The zero-order chi connectivity index (χ0) is 16.2. The molecule has 0 heterocycles. The number of nitrogens with one attached hydrogen (secondary N) is 1. The summed E-state index contributed by atoms with van der Waals surface area (Å²) in [6.07, 6.45) is 10.6. The van der Waals surface area contributed by atoms with E-state index in [4.69, 9.17) is 4.74 Å². The highest BCUT2D eigenvalue weighted by Crippen LogP contribution is 2.31. The van der Waals surface area contributed by atoms with Gasteiger partial charge in [0.05, 0.1) is 5.60 Å². The van der Waals surface area contributed by atoms with Crippen molar-refractivity contribution in [3.05, 3.63) is 0 Å². The van der Waals surface area contributed by atoms with Gasteiger partial charge < -0.3 is 10.1 Å². The number of carbonyl (C=O) groups excluding carboxylic acids is 1. The van der Waals surface area contributed by atoms with Crippen LogP contribution in [0.1, 0.15) is 85.5 Å². The van der Waals surface area contributed by atoms with Gasteiger partial charge in [0.2, 0.25) is 5.91 Å². The van der Waals surface area contributed by atoms with Gasteiger partial charge in [0.1, 0.15) is 0 Å². The fourth-order valence-corrected chi connectivity index (χ4v) is 3.83. The highest BCUT2D eigenvalue weighted by molar-refractivity contribution is 5.77. The smallest absolute Gasteiger partial charge is 0.220 e. The quantitative estimate of drug-likeness (QED) is 0.683. The molecule has 2 rings (SSSR count). The topological polar surface area (TPSA) is 38.3 Å². The van der Waals surface area contributed by atoms with Gasteiger partial charge in [-0.3, -0.25) is 4.79 Å². The summed E-state index contributed by atoms with van der Waals surface area (Å²) in [5.74, 6) is 1.73. The molecule has 0 atom stereocenters. The molecule has 0 bridgehead atoms. The van der Waals surface area contributed by atoms with Crippen molar-refractivity contribution in [1.82, 2.24) is 5.32 Å². The van der Waals surface area contributed by atoms with E-state index >= 15 is 0 Å². The number of carbonyl (C=O) groups is 1. The lowest BCUT2D eigenvalue weighted by atomic mass is 9.82. The van der Waals surface area contributed by atoms with Crippen molar-refractivity contribution in [2.24, 2.45) is 11.8 Å². The summed E-state index contributed by atoms with van der Waals surface area (Å²) in [5.41, 5.74) is -0.391. The Morgan fingerprint density at radius 3 is 2.14 bits per heavy atom. The van der Waals surface area contributed by atoms with Gasteiger partial charge in [-0.25, -0.2) is 0 Å². The standard InChI is InChI=1S/C19H35NO2/c1-18(2,20-17(21)13-16-9-6-10-16)14-19(3,4)22-12-11-15-7-5-8-15/h15-16H,5-14H2,1-4H3,(H,20,21). The minimum absolute atomic E-state index is 0.184. The molecule has 0 spiro atoms. The maximum Gasteiger partial charge on any atom is 0.220 e. The Kier molecular flexibility index (Phi) is 5.93. The highest BCUT2D eigenvalue weighted by atomic mass is 16.5.